The molecule has 0 aliphatic carbocycles. The Balaban J connectivity index is 1.63. The van der Waals surface area contributed by atoms with Crippen LogP contribution in [0.5, 0.6) is 0 Å². The summed E-state index contributed by atoms with van der Waals surface area (Å²) in [7, 11) is -4.39. The van der Waals surface area contributed by atoms with Crippen molar-refractivity contribution in [3.05, 3.63) is 77.1 Å². The minimum atomic E-state index is -4.39. The molecule has 41 heavy (non-hydrogen) atoms. The molecule has 5 rings (SSSR count). The lowest BCUT2D eigenvalue weighted by atomic mass is 10.1. The van der Waals surface area contributed by atoms with Gasteiger partial charge in [-0.3, -0.25) is 19.3 Å². The lowest BCUT2D eigenvalue weighted by molar-refractivity contribution is -0.387. The fourth-order valence-corrected chi connectivity index (χ4v) is 6.00. The number of carbonyl (C=O) groups is 1. The lowest BCUT2D eigenvalue weighted by Crippen LogP contribution is -2.40. The molecule has 0 spiro atoms. The summed E-state index contributed by atoms with van der Waals surface area (Å²) in [6.07, 6.45) is 2.65. The number of para-hydroxylation sites is 1. The first-order valence-electron chi connectivity index (χ1n) is 12.7. The van der Waals surface area contributed by atoms with E-state index < -0.39 is 37.2 Å². The number of sulfonamides is 1. The van der Waals surface area contributed by atoms with Gasteiger partial charge in [0, 0.05) is 17.8 Å². The average Bonchev–Trinajstić information content (AvgIpc) is 3.34. The third-order valence-corrected chi connectivity index (χ3v) is 8.09. The number of nitro benzene ring substituents is 1. The van der Waals surface area contributed by atoms with Crippen LogP contribution in [0.25, 0.3) is 16.8 Å². The summed E-state index contributed by atoms with van der Waals surface area (Å²) in [6, 6.07) is 13.6. The van der Waals surface area contributed by atoms with E-state index >= 15 is 0 Å². The Labute approximate surface area is 236 Å². The summed E-state index contributed by atoms with van der Waals surface area (Å²) in [5.41, 5.74) is 0.627. The second-order valence-corrected chi connectivity index (χ2v) is 12.0. The van der Waals surface area contributed by atoms with Crippen molar-refractivity contribution in [3.8, 4) is 11.1 Å². The molecule has 3 heterocycles. The van der Waals surface area contributed by atoms with Crippen molar-refractivity contribution in [2.75, 3.05) is 35.5 Å². The Hall–Kier alpha value is -4.56. The Morgan fingerprint density at radius 2 is 1.83 bits per heavy atom. The zero-order chi connectivity index (χ0) is 29.4. The van der Waals surface area contributed by atoms with Crippen molar-refractivity contribution >= 4 is 39.0 Å². The normalized spacial score (nSPS) is 14.6. The maximum absolute atomic E-state index is 13.9. The van der Waals surface area contributed by atoms with Gasteiger partial charge in [-0.1, -0.05) is 24.3 Å². The molecule has 0 saturated carbocycles. The summed E-state index contributed by atoms with van der Waals surface area (Å²) in [6.45, 7) is 5.19. The van der Waals surface area contributed by atoms with E-state index in [1.54, 1.807) is 68.0 Å². The van der Waals surface area contributed by atoms with Gasteiger partial charge in [-0.2, -0.15) is 5.10 Å². The molecule has 2 aromatic carbocycles. The van der Waals surface area contributed by atoms with E-state index in [1.165, 1.54) is 23.1 Å². The van der Waals surface area contributed by atoms with E-state index in [0.717, 1.165) is 10.4 Å². The maximum Gasteiger partial charge on any atom is 0.416 e. The Morgan fingerprint density at radius 1 is 1.07 bits per heavy atom. The number of hydrogen-bond donors (Lipinski definition) is 0. The van der Waals surface area contributed by atoms with Crippen LogP contribution in [0.2, 0.25) is 0 Å². The van der Waals surface area contributed by atoms with E-state index in [0.29, 0.717) is 22.6 Å². The van der Waals surface area contributed by atoms with Crippen LogP contribution in [0.15, 0.2) is 71.9 Å². The van der Waals surface area contributed by atoms with Gasteiger partial charge in [0.1, 0.15) is 11.4 Å². The lowest BCUT2D eigenvalue weighted by Gasteiger charge is -2.27. The number of benzene rings is 2. The molecule has 214 valence electrons. The van der Waals surface area contributed by atoms with Gasteiger partial charge in [0.25, 0.3) is 15.7 Å². The Bertz CT molecular complexity index is 1730. The first-order valence-corrected chi connectivity index (χ1v) is 14.2. The minimum absolute atomic E-state index is 0.0393. The third kappa shape index (κ3) is 5.69. The topological polar surface area (TPSA) is 149 Å². The van der Waals surface area contributed by atoms with Gasteiger partial charge in [0.2, 0.25) is 0 Å². The second kappa shape index (κ2) is 10.8. The fraction of sp³-hybridized carbons (Fsp3) is 0.296. The molecule has 0 atom stereocenters. The van der Waals surface area contributed by atoms with Crippen LogP contribution in [0, 0.1) is 10.1 Å². The molecule has 2 aromatic heterocycles. The van der Waals surface area contributed by atoms with E-state index in [-0.39, 0.29) is 32.0 Å². The summed E-state index contributed by atoms with van der Waals surface area (Å²) < 4.78 is 41.8. The molecule has 0 saturated heterocycles. The molecule has 14 heteroatoms. The second-order valence-electron chi connectivity index (χ2n) is 10.2. The fourth-order valence-electron chi connectivity index (χ4n) is 4.40. The average molecular weight is 581 g/mol. The van der Waals surface area contributed by atoms with Crippen LogP contribution in [-0.4, -0.2) is 65.9 Å². The van der Waals surface area contributed by atoms with E-state index in [2.05, 4.69) is 5.10 Å². The van der Waals surface area contributed by atoms with Crippen molar-refractivity contribution in [1.82, 2.24) is 14.6 Å². The number of anilines is 2. The quantitative estimate of drug-likeness (QED) is 0.256. The SMILES string of the molecule is CC(C)(C)OC(=O)N1CCOCCN(S(=O)(=O)c2ccccc2[N+](=O)[O-])c2cccc(c2)-c2cnn3ccc1nc23. The number of nitrogens with zero attached hydrogens (tertiary/aromatic N) is 6. The first-order chi connectivity index (χ1) is 19.5. The number of amides is 1. The summed E-state index contributed by atoms with van der Waals surface area (Å²) in [4.78, 5) is 29.7. The highest BCUT2D eigenvalue weighted by Crippen LogP contribution is 2.33. The number of nitro groups is 1. The highest BCUT2D eigenvalue weighted by atomic mass is 32.2. The third-order valence-electron chi connectivity index (χ3n) is 6.22. The van der Waals surface area contributed by atoms with E-state index in [4.69, 9.17) is 14.5 Å². The van der Waals surface area contributed by atoms with Gasteiger partial charge in [0.05, 0.1) is 43.1 Å². The zero-order valence-electron chi connectivity index (χ0n) is 22.6. The van der Waals surface area contributed by atoms with E-state index in [1.807, 2.05) is 0 Å². The number of ether oxygens (including phenoxy) is 2. The number of fused-ring (bicyclic) bond motifs is 4. The summed E-state index contributed by atoms with van der Waals surface area (Å²) >= 11 is 0. The minimum Gasteiger partial charge on any atom is -0.443 e. The predicted octanol–water partition coefficient (Wildman–Crippen LogP) is 4.27. The van der Waals surface area contributed by atoms with Crippen molar-refractivity contribution in [2.45, 2.75) is 31.3 Å². The largest absolute Gasteiger partial charge is 0.443 e. The van der Waals surface area contributed by atoms with Gasteiger partial charge in [-0.15, -0.1) is 0 Å². The van der Waals surface area contributed by atoms with Crippen molar-refractivity contribution < 1.29 is 27.6 Å². The summed E-state index contributed by atoms with van der Waals surface area (Å²) in [5, 5.41) is 16.0. The Morgan fingerprint density at radius 3 is 2.59 bits per heavy atom. The van der Waals surface area contributed by atoms with E-state index in [9.17, 15) is 23.3 Å². The van der Waals surface area contributed by atoms with Crippen molar-refractivity contribution in [2.24, 2.45) is 0 Å². The van der Waals surface area contributed by atoms with Crippen LogP contribution in [-0.2, 0) is 19.5 Å². The molecular weight excluding hydrogens is 552 g/mol. The van der Waals surface area contributed by atoms with Gasteiger partial charge in [-0.25, -0.2) is 22.7 Å². The molecule has 0 unspecified atom stereocenters. The van der Waals surface area contributed by atoms with Crippen LogP contribution in [0.1, 0.15) is 20.8 Å². The molecule has 4 bridgehead atoms. The predicted molar refractivity (Wildman–Crippen MR) is 150 cm³/mol. The van der Waals surface area contributed by atoms with Crippen LogP contribution in [0.4, 0.5) is 22.0 Å². The molecule has 1 aliphatic rings. The van der Waals surface area contributed by atoms with Gasteiger partial charge in [-0.05, 0) is 50.6 Å². The molecule has 0 radical (unpaired) electrons. The number of rotatable bonds is 3. The molecule has 13 nitrogen and oxygen atoms in total. The molecule has 4 aromatic rings. The molecule has 1 amide bonds. The highest BCUT2D eigenvalue weighted by molar-refractivity contribution is 7.93. The number of hydrogen-bond acceptors (Lipinski definition) is 9. The van der Waals surface area contributed by atoms with Gasteiger partial charge >= 0.3 is 6.09 Å². The standard InChI is InChI=1S/C27H28N6O7S/c1-27(2,3)40-26(34)30-13-15-39-16-14-32(41(37,38)23-10-5-4-9-22(23)33(35)36)20-8-6-7-19(17-20)21-18-28-31-12-11-24(30)29-25(21)31/h4-12,17-18H,13-16H2,1-3H3. The van der Waals surface area contributed by atoms with Gasteiger partial charge in [0.15, 0.2) is 10.5 Å². The maximum atomic E-state index is 13.9. The van der Waals surface area contributed by atoms with Crippen LogP contribution < -0.4 is 9.21 Å². The molecular formula is C27H28N6O7S. The van der Waals surface area contributed by atoms with Crippen LogP contribution >= 0.6 is 0 Å². The number of aromatic nitrogens is 3. The van der Waals surface area contributed by atoms with Crippen molar-refractivity contribution in [3.63, 3.8) is 0 Å². The first kappa shape index (κ1) is 28.0. The molecule has 0 N–H and O–H groups in total. The molecule has 0 fully saturated rings. The van der Waals surface area contributed by atoms with Crippen molar-refractivity contribution in [1.29, 1.82) is 0 Å². The monoisotopic (exact) mass is 580 g/mol. The zero-order valence-corrected chi connectivity index (χ0v) is 23.4. The highest BCUT2D eigenvalue weighted by Gasteiger charge is 2.32. The molecule has 1 aliphatic heterocycles. The van der Waals surface area contributed by atoms with Crippen LogP contribution in [0.3, 0.4) is 0 Å². The smallest absolute Gasteiger partial charge is 0.416 e. The number of carbonyl (C=O) groups excluding carboxylic acids is 1. The van der Waals surface area contributed by atoms with Gasteiger partial charge < -0.3 is 9.47 Å². The Kier molecular flexibility index (Phi) is 7.36. The summed E-state index contributed by atoms with van der Waals surface area (Å²) in [5.74, 6) is 0.339.